The maximum absolute atomic E-state index is 6.03. The fourth-order valence-corrected chi connectivity index (χ4v) is 3.40. The highest BCUT2D eigenvalue weighted by atomic mass is 35.5. The average Bonchev–Trinajstić information content (AvgIpc) is 2.85. The molecule has 0 unspecified atom stereocenters. The van der Waals surface area contributed by atoms with Gasteiger partial charge in [0.1, 0.15) is 0 Å². The smallest absolute Gasteiger partial charge is 0.0934 e. The van der Waals surface area contributed by atoms with Crippen molar-refractivity contribution in [3.8, 4) is 0 Å². The second kappa shape index (κ2) is 4.20. The lowest BCUT2D eigenvalue weighted by Crippen LogP contribution is -2.29. The third-order valence-corrected chi connectivity index (χ3v) is 4.23. The topological polar surface area (TPSA) is 31.9 Å². The molecule has 0 amide bonds. The zero-order valence-electron chi connectivity index (χ0n) is 8.74. The number of H-pyrrole nitrogens is 1. The Hall–Kier alpha value is -0.840. The van der Waals surface area contributed by atoms with Gasteiger partial charge in [-0.2, -0.15) is 5.10 Å². The van der Waals surface area contributed by atoms with Gasteiger partial charge in [-0.05, 0) is 24.1 Å². The molecular weight excluding hydrogens is 242 g/mol. The molecular formula is C11H12ClN3S. The van der Waals surface area contributed by atoms with E-state index in [1.54, 1.807) is 17.5 Å². The summed E-state index contributed by atoms with van der Waals surface area (Å²) in [5, 5.41) is 6.96. The Balaban J connectivity index is 1.73. The van der Waals surface area contributed by atoms with E-state index in [0.717, 1.165) is 30.4 Å². The number of thiophene rings is 1. The average molecular weight is 254 g/mol. The molecule has 2 aromatic heterocycles. The monoisotopic (exact) mass is 253 g/mol. The number of hydrogen-bond donors (Lipinski definition) is 1. The van der Waals surface area contributed by atoms with Gasteiger partial charge in [-0.3, -0.25) is 10.00 Å². The number of nitrogens with one attached hydrogen (secondary N) is 1. The maximum atomic E-state index is 6.03. The molecule has 5 heteroatoms. The van der Waals surface area contributed by atoms with Crippen molar-refractivity contribution in [3.05, 3.63) is 38.8 Å². The molecule has 0 aliphatic carbocycles. The molecule has 1 N–H and O–H groups in total. The van der Waals surface area contributed by atoms with Crippen LogP contribution in [-0.4, -0.2) is 21.6 Å². The lowest BCUT2D eigenvalue weighted by Gasteiger charge is -2.25. The predicted molar refractivity (Wildman–Crippen MR) is 65.7 cm³/mol. The minimum absolute atomic E-state index is 0.911. The van der Waals surface area contributed by atoms with Crippen LogP contribution >= 0.6 is 22.9 Å². The highest BCUT2D eigenvalue weighted by molar-refractivity contribution is 7.16. The van der Waals surface area contributed by atoms with E-state index < -0.39 is 0 Å². The molecule has 0 atom stereocenters. The van der Waals surface area contributed by atoms with E-state index >= 15 is 0 Å². The molecule has 0 bridgehead atoms. The van der Waals surface area contributed by atoms with Crippen LogP contribution in [-0.2, 0) is 19.5 Å². The molecule has 0 radical (unpaired) electrons. The van der Waals surface area contributed by atoms with Crippen molar-refractivity contribution >= 4 is 22.9 Å². The van der Waals surface area contributed by atoms with Gasteiger partial charge in [0, 0.05) is 36.4 Å². The molecule has 0 saturated heterocycles. The van der Waals surface area contributed by atoms with Crippen molar-refractivity contribution in [2.24, 2.45) is 0 Å². The van der Waals surface area contributed by atoms with Crippen LogP contribution in [0.1, 0.15) is 16.1 Å². The van der Waals surface area contributed by atoms with Gasteiger partial charge in [-0.25, -0.2) is 0 Å². The van der Waals surface area contributed by atoms with Gasteiger partial charge in [0.2, 0.25) is 0 Å². The Bertz CT molecular complexity index is 477. The van der Waals surface area contributed by atoms with Crippen molar-refractivity contribution in [1.82, 2.24) is 15.1 Å². The third kappa shape index (κ3) is 2.00. The van der Waals surface area contributed by atoms with Crippen molar-refractivity contribution in [2.75, 3.05) is 6.54 Å². The Morgan fingerprint density at radius 2 is 2.50 bits per heavy atom. The van der Waals surface area contributed by atoms with Crippen molar-refractivity contribution < 1.29 is 0 Å². The van der Waals surface area contributed by atoms with E-state index in [0.29, 0.717) is 0 Å². The van der Waals surface area contributed by atoms with Gasteiger partial charge < -0.3 is 0 Å². The molecule has 16 heavy (non-hydrogen) atoms. The highest BCUT2D eigenvalue weighted by Gasteiger charge is 2.18. The van der Waals surface area contributed by atoms with E-state index in [1.165, 1.54) is 16.1 Å². The SMILES string of the molecule is Clc1cc2c(s1)CCN(Cc1ccn[nH]1)C2. The third-order valence-electron chi connectivity index (χ3n) is 2.87. The van der Waals surface area contributed by atoms with Crippen LogP contribution in [0.5, 0.6) is 0 Å². The number of aromatic amines is 1. The van der Waals surface area contributed by atoms with E-state index in [9.17, 15) is 0 Å². The van der Waals surface area contributed by atoms with E-state index in [-0.39, 0.29) is 0 Å². The largest absolute Gasteiger partial charge is 0.293 e. The van der Waals surface area contributed by atoms with Crippen LogP contribution in [0, 0.1) is 0 Å². The summed E-state index contributed by atoms with van der Waals surface area (Å²) in [5.41, 5.74) is 2.56. The van der Waals surface area contributed by atoms with Crippen LogP contribution < -0.4 is 0 Å². The summed E-state index contributed by atoms with van der Waals surface area (Å²) in [6.45, 7) is 3.04. The van der Waals surface area contributed by atoms with E-state index in [4.69, 9.17) is 11.6 Å². The van der Waals surface area contributed by atoms with Crippen molar-refractivity contribution in [1.29, 1.82) is 0 Å². The summed E-state index contributed by atoms with van der Waals surface area (Å²) >= 11 is 7.74. The zero-order valence-corrected chi connectivity index (χ0v) is 10.3. The van der Waals surface area contributed by atoms with Gasteiger partial charge in [0.05, 0.1) is 4.34 Å². The lowest BCUT2D eigenvalue weighted by molar-refractivity contribution is 0.244. The number of fused-ring (bicyclic) bond motifs is 1. The summed E-state index contributed by atoms with van der Waals surface area (Å²) < 4.78 is 0.911. The van der Waals surface area contributed by atoms with Crippen LogP contribution in [0.4, 0.5) is 0 Å². The molecule has 84 valence electrons. The summed E-state index contributed by atoms with van der Waals surface area (Å²) in [7, 11) is 0. The fraction of sp³-hybridized carbons (Fsp3) is 0.364. The molecule has 3 nitrogen and oxygen atoms in total. The first-order valence-corrected chi connectivity index (χ1v) is 6.48. The molecule has 0 spiro atoms. The molecule has 3 rings (SSSR count). The summed E-state index contributed by atoms with van der Waals surface area (Å²) in [6, 6.07) is 4.12. The second-order valence-electron chi connectivity index (χ2n) is 4.04. The van der Waals surface area contributed by atoms with Gasteiger partial charge >= 0.3 is 0 Å². The Labute approximate surface area is 103 Å². The predicted octanol–water partition coefficient (Wildman–Crippen LogP) is 2.68. The molecule has 0 aromatic carbocycles. The fourth-order valence-electron chi connectivity index (χ4n) is 2.10. The van der Waals surface area contributed by atoms with Crippen molar-refractivity contribution in [2.45, 2.75) is 19.5 Å². The van der Waals surface area contributed by atoms with Crippen LogP contribution in [0.15, 0.2) is 18.3 Å². The number of nitrogens with zero attached hydrogens (tertiary/aromatic N) is 2. The Morgan fingerprint density at radius 3 is 3.31 bits per heavy atom. The van der Waals surface area contributed by atoms with Crippen LogP contribution in [0.2, 0.25) is 4.34 Å². The number of hydrogen-bond acceptors (Lipinski definition) is 3. The lowest BCUT2D eigenvalue weighted by atomic mass is 10.1. The Kier molecular flexibility index (Phi) is 2.71. The van der Waals surface area contributed by atoms with Gasteiger partial charge in [0.15, 0.2) is 0 Å². The minimum Gasteiger partial charge on any atom is -0.293 e. The summed E-state index contributed by atoms with van der Waals surface area (Å²) in [6.07, 6.45) is 2.91. The normalized spacial score (nSPS) is 16.3. The quantitative estimate of drug-likeness (QED) is 0.893. The zero-order chi connectivity index (χ0) is 11.0. The summed E-state index contributed by atoms with van der Waals surface area (Å²) in [5.74, 6) is 0. The van der Waals surface area contributed by atoms with Gasteiger partial charge in [-0.1, -0.05) is 11.6 Å². The summed E-state index contributed by atoms with van der Waals surface area (Å²) in [4.78, 5) is 3.87. The molecule has 3 heterocycles. The van der Waals surface area contributed by atoms with E-state index in [2.05, 4.69) is 21.2 Å². The number of halogens is 1. The first kappa shape index (κ1) is 10.3. The van der Waals surface area contributed by atoms with Crippen molar-refractivity contribution in [3.63, 3.8) is 0 Å². The highest BCUT2D eigenvalue weighted by Crippen LogP contribution is 2.31. The number of rotatable bonds is 2. The van der Waals surface area contributed by atoms with Crippen LogP contribution in [0.25, 0.3) is 0 Å². The number of aromatic nitrogens is 2. The molecule has 0 saturated carbocycles. The first-order valence-electron chi connectivity index (χ1n) is 5.29. The van der Waals surface area contributed by atoms with Crippen LogP contribution in [0.3, 0.4) is 0 Å². The standard InChI is InChI=1S/C11H12ClN3S/c12-11-5-8-6-15(4-2-10(8)16-11)7-9-1-3-13-14-9/h1,3,5H,2,4,6-7H2,(H,13,14). The van der Waals surface area contributed by atoms with Gasteiger partial charge in [-0.15, -0.1) is 11.3 Å². The van der Waals surface area contributed by atoms with Gasteiger partial charge in [0.25, 0.3) is 0 Å². The van der Waals surface area contributed by atoms with E-state index in [1.807, 2.05) is 6.07 Å². The molecule has 1 aliphatic heterocycles. The maximum Gasteiger partial charge on any atom is 0.0934 e. The molecule has 1 aliphatic rings. The molecule has 0 fully saturated rings. The molecule has 2 aromatic rings. The first-order chi connectivity index (χ1) is 7.81. The minimum atomic E-state index is 0.911. The Morgan fingerprint density at radius 1 is 1.56 bits per heavy atom. The second-order valence-corrected chi connectivity index (χ2v) is 5.81.